The zero-order valence-electron chi connectivity index (χ0n) is 14.0. The number of piperazine rings is 1. The highest BCUT2D eigenvalue weighted by atomic mass is 79.9. The van der Waals surface area contributed by atoms with Gasteiger partial charge in [-0.15, -0.1) is 0 Å². The van der Waals surface area contributed by atoms with Gasteiger partial charge in [0.05, 0.1) is 11.7 Å². The summed E-state index contributed by atoms with van der Waals surface area (Å²) in [5.41, 5.74) is 0.219. The second kappa shape index (κ2) is 7.93. The molecular weight excluding hydrogens is 387 g/mol. The third kappa shape index (κ3) is 4.35. The maximum absolute atomic E-state index is 13.7. The first-order valence-electron chi connectivity index (χ1n) is 8.20. The SMILES string of the molecule is CC(C(=O)Nc1ccccc1F)N1CCN(c2ccc(Br)cn2)CC1. The molecule has 1 unspecified atom stereocenters. The number of hydrogen-bond donors (Lipinski definition) is 1. The number of nitrogens with zero attached hydrogens (tertiary/aromatic N) is 3. The summed E-state index contributed by atoms with van der Waals surface area (Å²) in [4.78, 5) is 21.1. The van der Waals surface area contributed by atoms with Gasteiger partial charge in [-0.25, -0.2) is 9.37 Å². The second-order valence-electron chi connectivity index (χ2n) is 6.00. The van der Waals surface area contributed by atoms with Crippen molar-refractivity contribution in [2.24, 2.45) is 0 Å². The van der Waals surface area contributed by atoms with Gasteiger partial charge >= 0.3 is 0 Å². The van der Waals surface area contributed by atoms with Gasteiger partial charge in [-0.3, -0.25) is 9.69 Å². The lowest BCUT2D eigenvalue weighted by Crippen LogP contribution is -2.53. The molecule has 1 N–H and O–H groups in total. The average molecular weight is 407 g/mol. The van der Waals surface area contributed by atoms with Crippen molar-refractivity contribution in [3.8, 4) is 0 Å². The Hall–Kier alpha value is -1.99. The Labute approximate surface area is 155 Å². The molecular formula is C18H20BrFN4O. The van der Waals surface area contributed by atoms with Crippen molar-refractivity contribution in [2.45, 2.75) is 13.0 Å². The van der Waals surface area contributed by atoms with Gasteiger partial charge in [0, 0.05) is 36.8 Å². The Bertz CT molecular complexity index is 732. The minimum atomic E-state index is -0.422. The molecule has 25 heavy (non-hydrogen) atoms. The van der Waals surface area contributed by atoms with Gasteiger partial charge in [-0.2, -0.15) is 0 Å². The van der Waals surface area contributed by atoms with E-state index in [9.17, 15) is 9.18 Å². The fourth-order valence-corrected chi connectivity index (χ4v) is 3.09. The van der Waals surface area contributed by atoms with Gasteiger partial charge in [0.15, 0.2) is 0 Å². The number of halogens is 2. The molecule has 1 aromatic heterocycles. The van der Waals surface area contributed by atoms with Crippen LogP contribution in [0.2, 0.25) is 0 Å². The lowest BCUT2D eigenvalue weighted by Gasteiger charge is -2.38. The first-order valence-corrected chi connectivity index (χ1v) is 9.00. The van der Waals surface area contributed by atoms with Gasteiger partial charge < -0.3 is 10.2 Å². The number of amides is 1. The van der Waals surface area contributed by atoms with Gasteiger partial charge in [0.1, 0.15) is 11.6 Å². The first-order chi connectivity index (χ1) is 12.0. The maximum atomic E-state index is 13.7. The molecule has 1 amide bonds. The van der Waals surface area contributed by atoms with Crippen LogP contribution < -0.4 is 10.2 Å². The summed E-state index contributed by atoms with van der Waals surface area (Å²) in [6.45, 7) is 4.95. The number of carbonyl (C=O) groups is 1. The summed E-state index contributed by atoms with van der Waals surface area (Å²) in [6, 6.07) is 9.84. The van der Waals surface area contributed by atoms with E-state index in [-0.39, 0.29) is 17.6 Å². The molecule has 0 saturated carbocycles. The van der Waals surface area contributed by atoms with Crippen LogP contribution in [-0.4, -0.2) is 48.0 Å². The van der Waals surface area contributed by atoms with Crippen LogP contribution in [-0.2, 0) is 4.79 Å². The van der Waals surface area contributed by atoms with Crippen LogP contribution in [0.4, 0.5) is 15.9 Å². The number of aromatic nitrogens is 1. The number of rotatable bonds is 4. The summed E-state index contributed by atoms with van der Waals surface area (Å²) in [5.74, 6) is 0.320. The lowest BCUT2D eigenvalue weighted by atomic mass is 10.2. The normalized spacial score (nSPS) is 16.5. The van der Waals surface area contributed by atoms with Crippen LogP contribution in [0.25, 0.3) is 0 Å². The van der Waals surface area contributed by atoms with Crippen molar-refractivity contribution in [1.82, 2.24) is 9.88 Å². The largest absolute Gasteiger partial charge is 0.354 e. The third-order valence-corrected chi connectivity index (χ3v) is 4.88. The highest BCUT2D eigenvalue weighted by Gasteiger charge is 2.26. The molecule has 1 atom stereocenters. The summed E-state index contributed by atoms with van der Waals surface area (Å²) in [6.07, 6.45) is 1.78. The van der Waals surface area contributed by atoms with Crippen LogP contribution in [0.3, 0.4) is 0 Å². The number of carbonyl (C=O) groups excluding carboxylic acids is 1. The van der Waals surface area contributed by atoms with Gasteiger partial charge in [-0.1, -0.05) is 12.1 Å². The molecule has 0 spiro atoms. The topological polar surface area (TPSA) is 48.5 Å². The summed E-state index contributed by atoms with van der Waals surface area (Å²) < 4.78 is 14.6. The molecule has 0 radical (unpaired) electrons. The first kappa shape index (κ1) is 17.8. The minimum absolute atomic E-state index is 0.194. The molecule has 1 aliphatic rings. The Balaban J connectivity index is 1.56. The number of pyridine rings is 1. The Kier molecular flexibility index (Phi) is 5.65. The number of anilines is 2. The minimum Gasteiger partial charge on any atom is -0.354 e. The molecule has 1 aromatic carbocycles. The van der Waals surface area contributed by atoms with Crippen molar-refractivity contribution < 1.29 is 9.18 Å². The van der Waals surface area contributed by atoms with Crippen LogP contribution >= 0.6 is 15.9 Å². The molecule has 0 aliphatic carbocycles. The third-order valence-electron chi connectivity index (χ3n) is 4.41. The molecule has 132 valence electrons. The number of benzene rings is 1. The molecule has 0 bridgehead atoms. The molecule has 2 heterocycles. The number of nitrogens with one attached hydrogen (secondary N) is 1. The Morgan fingerprint density at radius 2 is 1.92 bits per heavy atom. The standard InChI is InChI=1S/C18H20BrFN4O/c1-13(18(25)22-16-5-3-2-4-15(16)20)23-8-10-24(11-9-23)17-7-6-14(19)12-21-17/h2-7,12-13H,8-11H2,1H3,(H,22,25). The fraction of sp³-hybridized carbons (Fsp3) is 0.333. The molecule has 1 aliphatic heterocycles. The van der Waals surface area contributed by atoms with Crippen LogP contribution in [0.5, 0.6) is 0 Å². The quantitative estimate of drug-likeness (QED) is 0.846. The van der Waals surface area contributed by atoms with Gasteiger partial charge in [0.2, 0.25) is 5.91 Å². The van der Waals surface area contributed by atoms with E-state index in [0.717, 1.165) is 36.5 Å². The Morgan fingerprint density at radius 1 is 1.20 bits per heavy atom. The predicted molar refractivity (Wildman–Crippen MR) is 100 cm³/mol. The van der Waals surface area contributed by atoms with Crippen LogP contribution in [0, 0.1) is 5.82 Å². The summed E-state index contributed by atoms with van der Waals surface area (Å²) in [7, 11) is 0. The lowest BCUT2D eigenvalue weighted by molar-refractivity contribution is -0.120. The van der Waals surface area contributed by atoms with Crippen molar-refractivity contribution >= 4 is 33.3 Å². The van der Waals surface area contributed by atoms with E-state index in [1.54, 1.807) is 24.4 Å². The zero-order valence-corrected chi connectivity index (χ0v) is 15.5. The maximum Gasteiger partial charge on any atom is 0.241 e. The van der Waals surface area contributed by atoms with E-state index >= 15 is 0 Å². The average Bonchev–Trinajstić information content (AvgIpc) is 2.64. The van der Waals surface area contributed by atoms with Gasteiger partial charge in [-0.05, 0) is 47.1 Å². The van der Waals surface area contributed by atoms with Crippen molar-refractivity contribution in [1.29, 1.82) is 0 Å². The summed E-state index contributed by atoms with van der Waals surface area (Å²) in [5, 5.41) is 2.67. The van der Waals surface area contributed by atoms with E-state index < -0.39 is 5.82 Å². The molecule has 5 nitrogen and oxygen atoms in total. The van der Waals surface area contributed by atoms with Gasteiger partial charge in [0.25, 0.3) is 0 Å². The fourth-order valence-electron chi connectivity index (χ4n) is 2.86. The second-order valence-corrected chi connectivity index (χ2v) is 6.92. The Morgan fingerprint density at radius 3 is 2.56 bits per heavy atom. The molecule has 1 saturated heterocycles. The zero-order chi connectivity index (χ0) is 17.8. The number of hydrogen-bond acceptors (Lipinski definition) is 4. The van der Waals surface area contributed by atoms with E-state index in [4.69, 9.17) is 0 Å². The summed E-state index contributed by atoms with van der Waals surface area (Å²) >= 11 is 3.39. The van der Waals surface area contributed by atoms with E-state index in [0.29, 0.717) is 0 Å². The smallest absolute Gasteiger partial charge is 0.241 e. The molecule has 1 fully saturated rings. The molecule has 7 heteroatoms. The predicted octanol–water partition coefficient (Wildman–Crippen LogP) is 3.13. The van der Waals surface area contributed by atoms with Crippen LogP contribution in [0.15, 0.2) is 47.1 Å². The molecule has 2 aromatic rings. The monoisotopic (exact) mass is 406 g/mol. The van der Waals surface area contributed by atoms with Crippen LogP contribution in [0.1, 0.15) is 6.92 Å². The number of para-hydroxylation sites is 1. The van der Waals surface area contributed by atoms with Crippen molar-refractivity contribution in [3.05, 3.63) is 52.9 Å². The van der Waals surface area contributed by atoms with E-state index in [1.807, 2.05) is 19.1 Å². The van der Waals surface area contributed by atoms with Crippen molar-refractivity contribution in [2.75, 3.05) is 36.4 Å². The van der Waals surface area contributed by atoms with Crippen molar-refractivity contribution in [3.63, 3.8) is 0 Å². The highest BCUT2D eigenvalue weighted by molar-refractivity contribution is 9.10. The van der Waals surface area contributed by atoms with E-state index in [2.05, 4.69) is 36.0 Å². The highest BCUT2D eigenvalue weighted by Crippen LogP contribution is 2.18. The van der Waals surface area contributed by atoms with E-state index in [1.165, 1.54) is 6.07 Å². The molecule has 3 rings (SSSR count).